The number of anilines is 2. The summed E-state index contributed by atoms with van der Waals surface area (Å²) in [5.74, 6) is 1.16. The number of thiazole rings is 1. The van der Waals surface area contributed by atoms with E-state index in [1.807, 2.05) is 6.07 Å². The van der Waals surface area contributed by atoms with Crippen LogP contribution in [-0.2, 0) is 9.47 Å². The third-order valence-electron chi connectivity index (χ3n) is 7.84. The first-order chi connectivity index (χ1) is 17.6. The van der Waals surface area contributed by atoms with Gasteiger partial charge in [0.05, 0.1) is 33.6 Å². The van der Waals surface area contributed by atoms with Crippen molar-refractivity contribution in [2.75, 3.05) is 17.2 Å². The van der Waals surface area contributed by atoms with Crippen molar-refractivity contribution < 1.29 is 9.47 Å². The molecule has 3 fully saturated rings. The molecule has 3 atom stereocenters. The highest BCUT2D eigenvalue weighted by Crippen LogP contribution is 2.46. The number of fused-ring (bicyclic) bond motifs is 2. The van der Waals surface area contributed by atoms with E-state index < -0.39 is 0 Å². The van der Waals surface area contributed by atoms with Gasteiger partial charge in [-0.3, -0.25) is 0 Å². The molecule has 2 aromatic heterocycles. The van der Waals surface area contributed by atoms with Gasteiger partial charge in [-0.2, -0.15) is 4.98 Å². The van der Waals surface area contributed by atoms with Gasteiger partial charge in [0.25, 0.3) is 0 Å². The molecule has 2 N–H and O–H groups in total. The van der Waals surface area contributed by atoms with Crippen molar-refractivity contribution in [3.63, 3.8) is 0 Å². The van der Waals surface area contributed by atoms with Crippen LogP contribution in [0.5, 0.6) is 0 Å². The number of rotatable bonds is 8. The first-order valence-electron chi connectivity index (χ1n) is 13.7. The number of aryl methyl sites for hydroxylation is 1. The zero-order valence-electron chi connectivity index (χ0n) is 21.4. The summed E-state index contributed by atoms with van der Waals surface area (Å²) in [4.78, 5) is 14.8. The molecule has 36 heavy (non-hydrogen) atoms. The van der Waals surface area contributed by atoms with Crippen LogP contribution in [0.2, 0.25) is 0 Å². The van der Waals surface area contributed by atoms with Gasteiger partial charge in [0.2, 0.25) is 5.95 Å². The lowest BCUT2D eigenvalue weighted by Gasteiger charge is -2.33. The third-order valence-corrected chi connectivity index (χ3v) is 8.89. The summed E-state index contributed by atoms with van der Waals surface area (Å²) in [6.45, 7) is 5.16. The van der Waals surface area contributed by atoms with E-state index >= 15 is 0 Å². The molecule has 192 valence electrons. The summed E-state index contributed by atoms with van der Waals surface area (Å²) in [7, 11) is 0. The van der Waals surface area contributed by atoms with Gasteiger partial charge in [-0.15, -0.1) is 11.3 Å². The number of nitrogens with zero attached hydrogens (tertiary/aromatic N) is 3. The standard InChI is InChI=1S/C28H37N5O2S/c1-3-4-10-17-29-27-30-18(2)23(26-32-19-11-6-7-12-22(19)36-26)25(33-27)31-20-13-14-21-24(20)35-28(34-21)15-8-5-9-16-28/h6-7,11-12,20-21,24H,3-5,8-10,13-17H2,1-2H3,(H2,29,30,31,33)/t20-,21-,24+/m1/s1. The highest BCUT2D eigenvalue weighted by atomic mass is 32.1. The number of benzene rings is 1. The summed E-state index contributed by atoms with van der Waals surface area (Å²) in [6, 6.07) is 8.45. The molecule has 2 saturated carbocycles. The molecule has 1 spiro atoms. The first kappa shape index (κ1) is 24.1. The number of hydrogen-bond acceptors (Lipinski definition) is 8. The van der Waals surface area contributed by atoms with E-state index in [1.165, 1.54) is 36.8 Å². The van der Waals surface area contributed by atoms with Crippen LogP contribution in [-0.4, -0.2) is 45.5 Å². The largest absolute Gasteiger partial charge is 0.364 e. The van der Waals surface area contributed by atoms with E-state index in [1.54, 1.807) is 11.3 Å². The highest BCUT2D eigenvalue weighted by molar-refractivity contribution is 7.21. The summed E-state index contributed by atoms with van der Waals surface area (Å²) < 4.78 is 14.4. The van der Waals surface area contributed by atoms with Gasteiger partial charge in [-0.05, 0) is 51.2 Å². The summed E-state index contributed by atoms with van der Waals surface area (Å²) >= 11 is 1.70. The first-order valence-corrected chi connectivity index (χ1v) is 14.6. The van der Waals surface area contributed by atoms with Gasteiger partial charge in [-0.1, -0.05) is 38.3 Å². The van der Waals surface area contributed by atoms with Crippen molar-refractivity contribution in [3.8, 4) is 10.6 Å². The number of para-hydroxylation sites is 1. The fourth-order valence-corrected chi connectivity index (χ4v) is 7.05. The quantitative estimate of drug-likeness (QED) is 0.329. The highest BCUT2D eigenvalue weighted by Gasteiger charge is 2.53. The Morgan fingerprint density at radius 2 is 1.89 bits per heavy atom. The van der Waals surface area contributed by atoms with Crippen molar-refractivity contribution in [1.82, 2.24) is 15.0 Å². The third kappa shape index (κ3) is 4.71. The predicted molar refractivity (Wildman–Crippen MR) is 146 cm³/mol. The Bertz CT molecular complexity index is 1170. The summed E-state index contributed by atoms with van der Waals surface area (Å²) in [6.07, 6.45) is 11.5. The molecule has 3 aliphatic rings. The molecule has 1 aromatic carbocycles. The molecule has 3 aromatic rings. The monoisotopic (exact) mass is 507 g/mol. The van der Waals surface area contributed by atoms with Crippen molar-refractivity contribution >= 4 is 33.3 Å². The van der Waals surface area contributed by atoms with E-state index in [2.05, 4.69) is 42.7 Å². The zero-order valence-corrected chi connectivity index (χ0v) is 22.2. The van der Waals surface area contributed by atoms with Crippen molar-refractivity contribution in [3.05, 3.63) is 30.0 Å². The molecule has 6 rings (SSSR count). The Balaban J connectivity index is 1.30. The van der Waals surface area contributed by atoms with Gasteiger partial charge < -0.3 is 20.1 Å². The van der Waals surface area contributed by atoms with Crippen LogP contribution in [0.4, 0.5) is 11.8 Å². The van der Waals surface area contributed by atoms with E-state index in [9.17, 15) is 0 Å². The zero-order chi connectivity index (χ0) is 24.5. The van der Waals surface area contributed by atoms with E-state index in [0.717, 1.165) is 66.2 Å². The minimum absolute atomic E-state index is 0.0579. The predicted octanol–water partition coefficient (Wildman–Crippen LogP) is 6.68. The van der Waals surface area contributed by atoms with Gasteiger partial charge in [0, 0.05) is 19.4 Å². The maximum absolute atomic E-state index is 6.69. The van der Waals surface area contributed by atoms with Crippen molar-refractivity contribution in [2.24, 2.45) is 0 Å². The second-order valence-corrected chi connectivity index (χ2v) is 11.5. The molecule has 1 saturated heterocycles. The van der Waals surface area contributed by atoms with E-state index in [4.69, 9.17) is 24.4 Å². The Morgan fingerprint density at radius 1 is 1.03 bits per heavy atom. The molecule has 0 unspecified atom stereocenters. The van der Waals surface area contributed by atoms with Crippen LogP contribution < -0.4 is 10.6 Å². The maximum Gasteiger partial charge on any atom is 0.224 e. The SMILES string of the molecule is CCCCCNc1nc(C)c(-c2nc3ccccc3s2)c(N[C@@H]2CC[C@H]3OC4(CCCCC4)O[C@@H]23)n1. The Kier molecular flexibility index (Phi) is 6.84. The van der Waals surface area contributed by atoms with Crippen LogP contribution in [0, 0.1) is 6.92 Å². The molecule has 0 bridgehead atoms. The lowest BCUT2D eigenvalue weighted by atomic mass is 9.94. The molecule has 7 nitrogen and oxygen atoms in total. The number of nitrogens with one attached hydrogen (secondary N) is 2. The van der Waals surface area contributed by atoms with E-state index in [-0.39, 0.29) is 24.0 Å². The lowest BCUT2D eigenvalue weighted by molar-refractivity contribution is -0.198. The molecule has 3 heterocycles. The van der Waals surface area contributed by atoms with Crippen LogP contribution in [0.25, 0.3) is 20.8 Å². The topological polar surface area (TPSA) is 81.2 Å². The lowest BCUT2D eigenvalue weighted by Crippen LogP contribution is -2.38. The molecule has 8 heteroatoms. The van der Waals surface area contributed by atoms with Gasteiger partial charge in [0.15, 0.2) is 5.79 Å². The average molecular weight is 508 g/mol. The van der Waals surface area contributed by atoms with Crippen molar-refractivity contribution in [1.29, 1.82) is 0 Å². The van der Waals surface area contributed by atoms with E-state index in [0.29, 0.717) is 5.95 Å². The minimum Gasteiger partial charge on any atom is -0.364 e. The van der Waals surface area contributed by atoms with Crippen LogP contribution in [0.15, 0.2) is 24.3 Å². The average Bonchev–Trinajstić information content (AvgIpc) is 3.56. The Morgan fingerprint density at radius 3 is 2.72 bits per heavy atom. The summed E-state index contributed by atoms with van der Waals surface area (Å²) in [5, 5.41) is 8.20. The van der Waals surface area contributed by atoms with Gasteiger partial charge in [-0.25, -0.2) is 9.97 Å². The Labute approximate surface area is 217 Å². The second-order valence-electron chi connectivity index (χ2n) is 10.5. The number of hydrogen-bond donors (Lipinski definition) is 2. The maximum atomic E-state index is 6.69. The normalized spacial score (nSPS) is 24.9. The van der Waals surface area contributed by atoms with Gasteiger partial charge >= 0.3 is 0 Å². The molecule has 0 radical (unpaired) electrons. The second kappa shape index (κ2) is 10.2. The Hall–Kier alpha value is -2.29. The molecule has 1 aliphatic heterocycles. The number of ether oxygens (including phenoxy) is 2. The minimum atomic E-state index is -0.364. The fraction of sp³-hybridized carbons (Fsp3) is 0.607. The molecular weight excluding hydrogens is 470 g/mol. The summed E-state index contributed by atoms with van der Waals surface area (Å²) in [5.41, 5.74) is 2.94. The van der Waals surface area contributed by atoms with Crippen LogP contribution >= 0.6 is 11.3 Å². The number of aromatic nitrogens is 3. The molecular formula is C28H37N5O2S. The number of unbranched alkanes of at least 4 members (excludes halogenated alkanes) is 2. The van der Waals surface area contributed by atoms with Crippen LogP contribution in [0.3, 0.4) is 0 Å². The molecule has 2 aliphatic carbocycles. The van der Waals surface area contributed by atoms with Gasteiger partial charge in [0.1, 0.15) is 16.9 Å². The fourth-order valence-electron chi connectivity index (χ4n) is 5.99. The smallest absolute Gasteiger partial charge is 0.224 e. The van der Waals surface area contributed by atoms with Crippen molar-refractivity contribution in [2.45, 2.75) is 102 Å². The molecule has 0 amide bonds. The van der Waals surface area contributed by atoms with Crippen LogP contribution in [0.1, 0.15) is 76.8 Å².